The molecule has 2 N–H and O–H groups in total. The minimum atomic E-state index is -0.347. The van der Waals surface area contributed by atoms with E-state index < -0.39 is 0 Å². The minimum absolute atomic E-state index is 0.169. The lowest BCUT2D eigenvalue weighted by molar-refractivity contribution is -0.138. The molecule has 0 saturated carbocycles. The molecular weight excluding hydrogens is 386 g/mol. The smallest absolute Gasteiger partial charge is 0.255 e. The molecule has 1 saturated heterocycles. The molecule has 156 valence electrons. The quantitative estimate of drug-likeness (QED) is 0.514. The van der Waals surface area contributed by atoms with Crippen LogP contribution in [0.4, 0.5) is 5.69 Å². The highest BCUT2D eigenvalue weighted by Crippen LogP contribution is 2.18. The zero-order chi connectivity index (χ0) is 21.5. The van der Waals surface area contributed by atoms with Gasteiger partial charge in [-0.3, -0.25) is 24.1 Å². The summed E-state index contributed by atoms with van der Waals surface area (Å²) in [6.45, 7) is 0.588. The van der Waals surface area contributed by atoms with E-state index in [-0.39, 0.29) is 43.0 Å². The van der Waals surface area contributed by atoms with E-state index in [1.165, 1.54) is 4.90 Å². The van der Waals surface area contributed by atoms with Crippen LogP contribution in [0, 0.1) is 0 Å². The Morgan fingerprint density at radius 3 is 2.30 bits per heavy atom. The largest absolute Gasteiger partial charge is 0.497 e. The van der Waals surface area contributed by atoms with Gasteiger partial charge in [-0.1, -0.05) is 12.1 Å². The first-order valence-corrected chi connectivity index (χ1v) is 9.65. The molecule has 1 fully saturated rings. The fourth-order valence-electron chi connectivity index (χ4n) is 3.13. The van der Waals surface area contributed by atoms with E-state index >= 15 is 0 Å². The van der Waals surface area contributed by atoms with Crippen LogP contribution in [0.15, 0.2) is 48.5 Å². The maximum absolute atomic E-state index is 12.6. The Morgan fingerprint density at radius 1 is 0.967 bits per heavy atom. The van der Waals surface area contributed by atoms with Crippen LogP contribution >= 0.6 is 0 Å². The number of methoxy groups -OCH3 is 1. The normalized spacial score (nSPS) is 13.3. The van der Waals surface area contributed by atoms with E-state index in [2.05, 4.69) is 10.6 Å². The van der Waals surface area contributed by atoms with Gasteiger partial charge in [-0.05, 0) is 42.8 Å². The van der Waals surface area contributed by atoms with Gasteiger partial charge in [0.25, 0.3) is 11.8 Å². The van der Waals surface area contributed by atoms with Crippen molar-refractivity contribution in [3.8, 4) is 5.75 Å². The highest BCUT2D eigenvalue weighted by molar-refractivity contribution is 6.09. The van der Waals surface area contributed by atoms with Gasteiger partial charge in [0.1, 0.15) is 5.75 Å². The molecule has 0 radical (unpaired) electrons. The molecule has 0 unspecified atom stereocenters. The third-order valence-electron chi connectivity index (χ3n) is 4.77. The van der Waals surface area contributed by atoms with E-state index in [9.17, 15) is 19.2 Å². The summed E-state index contributed by atoms with van der Waals surface area (Å²) >= 11 is 0. The lowest BCUT2D eigenvalue weighted by Crippen LogP contribution is -2.33. The Morgan fingerprint density at radius 2 is 1.63 bits per heavy atom. The van der Waals surface area contributed by atoms with Gasteiger partial charge in [0.2, 0.25) is 11.8 Å². The Bertz CT molecular complexity index is 940. The lowest BCUT2D eigenvalue weighted by Gasteiger charge is -2.14. The summed E-state index contributed by atoms with van der Waals surface area (Å²) in [4.78, 5) is 49.5. The number of amides is 4. The average molecular weight is 409 g/mol. The average Bonchev–Trinajstić information content (AvgIpc) is 3.09. The number of carbonyl (C=O) groups is 4. The number of benzene rings is 2. The van der Waals surface area contributed by atoms with Crippen LogP contribution in [0.5, 0.6) is 5.75 Å². The SMILES string of the molecule is COc1ccc(C(=O)Nc2ccccc2C(=O)NCCCN2C(=O)CCC2=O)cc1. The summed E-state index contributed by atoms with van der Waals surface area (Å²) in [7, 11) is 1.55. The van der Waals surface area contributed by atoms with Crippen molar-refractivity contribution in [2.45, 2.75) is 19.3 Å². The van der Waals surface area contributed by atoms with E-state index in [0.29, 0.717) is 35.5 Å². The highest BCUT2D eigenvalue weighted by atomic mass is 16.5. The third kappa shape index (κ3) is 5.02. The first-order chi connectivity index (χ1) is 14.5. The summed E-state index contributed by atoms with van der Waals surface area (Å²) < 4.78 is 5.08. The first-order valence-electron chi connectivity index (χ1n) is 9.65. The number of likely N-dealkylation sites (tertiary alicyclic amines) is 1. The highest BCUT2D eigenvalue weighted by Gasteiger charge is 2.28. The molecule has 0 spiro atoms. The number of nitrogens with one attached hydrogen (secondary N) is 2. The van der Waals surface area contributed by atoms with Crippen molar-refractivity contribution in [1.82, 2.24) is 10.2 Å². The molecule has 2 aromatic carbocycles. The first kappa shape index (κ1) is 21.0. The van der Waals surface area contributed by atoms with Crippen molar-refractivity contribution in [1.29, 1.82) is 0 Å². The molecule has 1 aliphatic rings. The zero-order valence-electron chi connectivity index (χ0n) is 16.6. The minimum Gasteiger partial charge on any atom is -0.497 e. The molecule has 8 heteroatoms. The van der Waals surface area contributed by atoms with Crippen molar-refractivity contribution in [3.63, 3.8) is 0 Å². The van der Waals surface area contributed by atoms with Gasteiger partial charge in [-0.25, -0.2) is 0 Å². The Labute approximate surface area is 174 Å². The van der Waals surface area contributed by atoms with Crippen LogP contribution in [-0.2, 0) is 9.59 Å². The second-order valence-corrected chi connectivity index (χ2v) is 6.78. The number of carbonyl (C=O) groups excluding carboxylic acids is 4. The molecule has 3 rings (SSSR count). The van der Waals surface area contributed by atoms with Gasteiger partial charge in [-0.15, -0.1) is 0 Å². The van der Waals surface area contributed by atoms with Crippen molar-refractivity contribution >= 4 is 29.3 Å². The summed E-state index contributed by atoms with van der Waals surface area (Å²) in [5, 5.41) is 5.52. The van der Waals surface area contributed by atoms with Crippen molar-refractivity contribution < 1.29 is 23.9 Å². The summed E-state index contributed by atoms with van der Waals surface area (Å²) in [6, 6.07) is 13.3. The van der Waals surface area contributed by atoms with Crippen LogP contribution < -0.4 is 15.4 Å². The lowest BCUT2D eigenvalue weighted by atomic mass is 10.1. The summed E-state index contributed by atoms with van der Waals surface area (Å²) in [5.74, 6) is -0.386. The van der Waals surface area contributed by atoms with E-state index in [4.69, 9.17) is 4.74 Å². The van der Waals surface area contributed by atoms with Gasteiger partial charge in [0.15, 0.2) is 0 Å². The number of hydrogen-bond donors (Lipinski definition) is 2. The predicted molar refractivity (Wildman–Crippen MR) is 110 cm³/mol. The molecule has 0 bridgehead atoms. The van der Waals surface area contributed by atoms with Gasteiger partial charge < -0.3 is 15.4 Å². The van der Waals surface area contributed by atoms with Crippen LogP contribution in [0.3, 0.4) is 0 Å². The van der Waals surface area contributed by atoms with E-state index in [0.717, 1.165) is 0 Å². The Balaban J connectivity index is 1.57. The molecular formula is C22H23N3O5. The van der Waals surface area contributed by atoms with Crippen LogP contribution in [0.2, 0.25) is 0 Å². The second kappa shape index (κ2) is 9.69. The van der Waals surface area contributed by atoms with Gasteiger partial charge in [-0.2, -0.15) is 0 Å². The van der Waals surface area contributed by atoms with Crippen LogP contribution in [0.1, 0.15) is 40.0 Å². The zero-order valence-corrected chi connectivity index (χ0v) is 16.6. The molecule has 0 aliphatic carbocycles. The fraction of sp³-hybridized carbons (Fsp3) is 0.273. The Kier molecular flexibility index (Phi) is 6.79. The van der Waals surface area contributed by atoms with Crippen LogP contribution in [0.25, 0.3) is 0 Å². The molecule has 0 aromatic heterocycles. The number of hydrogen-bond acceptors (Lipinski definition) is 5. The molecule has 30 heavy (non-hydrogen) atoms. The second-order valence-electron chi connectivity index (χ2n) is 6.78. The molecule has 4 amide bonds. The third-order valence-corrected chi connectivity index (χ3v) is 4.77. The maximum Gasteiger partial charge on any atom is 0.255 e. The predicted octanol–water partition coefficient (Wildman–Crippen LogP) is 2.22. The topological polar surface area (TPSA) is 105 Å². The molecule has 8 nitrogen and oxygen atoms in total. The number of ether oxygens (including phenoxy) is 1. The fourth-order valence-corrected chi connectivity index (χ4v) is 3.13. The van der Waals surface area contributed by atoms with Gasteiger partial charge >= 0.3 is 0 Å². The monoisotopic (exact) mass is 409 g/mol. The van der Waals surface area contributed by atoms with Gasteiger partial charge in [0.05, 0.1) is 18.4 Å². The standard InChI is InChI=1S/C22H23N3O5/c1-30-16-9-7-15(8-10-16)21(28)24-18-6-3-2-5-17(18)22(29)23-13-4-14-25-19(26)11-12-20(25)27/h2-3,5-10H,4,11-14H2,1H3,(H,23,29)(H,24,28). The number of anilines is 1. The summed E-state index contributed by atoms with van der Waals surface area (Å²) in [6.07, 6.45) is 0.975. The molecule has 2 aromatic rings. The van der Waals surface area contributed by atoms with E-state index in [1.54, 1.807) is 55.6 Å². The van der Waals surface area contributed by atoms with Crippen molar-refractivity contribution in [2.75, 3.05) is 25.5 Å². The number of nitrogens with zero attached hydrogens (tertiary/aromatic N) is 1. The molecule has 1 aliphatic heterocycles. The number of rotatable bonds is 8. The van der Waals surface area contributed by atoms with E-state index in [1.807, 2.05) is 0 Å². The van der Waals surface area contributed by atoms with Crippen LogP contribution in [-0.4, -0.2) is 48.7 Å². The number of imide groups is 1. The van der Waals surface area contributed by atoms with Gasteiger partial charge in [0, 0.05) is 31.5 Å². The number of para-hydroxylation sites is 1. The molecule has 1 heterocycles. The summed E-state index contributed by atoms with van der Waals surface area (Å²) in [5.41, 5.74) is 1.15. The Hall–Kier alpha value is -3.68. The molecule has 0 atom stereocenters. The van der Waals surface area contributed by atoms with Crippen molar-refractivity contribution in [3.05, 3.63) is 59.7 Å². The van der Waals surface area contributed by atoms with Crippen molar-refractivity contribution in [2.24, 2.45) is 0 Å². The maximum atomic E-state index is 12.6.